The third-order valence-electron chi connectivity index (χ3n) is 2.11. The zero-order valence-electron chi connectivity index (χ0n) is 9.44. The number of hydrogen-bond acceptors (Lipinski definition) is 4. The second-order valence-corrected chi connectivity index (χ2v) is 4.20. The monoisotopic (exact) mass is 241 g/mol. The first-order valence-electron chi connectivity index (χ1n) is 5.07. The summed E-state index contributed by atoms with van der Waals surface area (Å²) < 4.78 is 0. The van der Waals surface area contributed by atoms with Gasteiger partial charge in [-0.25, -0.2) is 9.97 Å². The lowest BCUT2D eigenvalue weighted by Gasteiger charge is -2.26. The molecule has 1 aromatic heterocycles. The molecule has 0 saturated carbocycles. The highest BCUT2D eigenvalue weighted by atomic mass is 35.5. The zero-order valence-corrected chi connectivity index (χ0v) is 10.2. The Kier molecular flexibility index (Phi) is 4.49. The maximum Gasteiger partial charge on any atom is 0.225 e. The average Bonchev–Trinajstić information content (AvgIpc) is 2.20. The molecule has 0 saturated heterocycles. The van der Waals surface area contributed by atoms with Gasteiger partial charge in [0, 0.05) is 19.0 Å². The molecule has 1 aromatic rings. The van der Waals surface area contributed by atoms with Crippen molar-refractivity contribution in [3.8, 4) is 0 Å². The first kappa shape index (κ1) is 12.7. The molecular formula is C10H16ClN5. The maximum absolute atomic E-state index is 7.21. The molecule has 0 radical (unpaired) electrons. The quantitative estimate of drug-likeness (QED) is 0.607. The fourth-order valence-electron chi connectivity index (χ4n) is 1.28. The number of nitrogens with two attached hydrogens (primary N) is 1. The minimum Gasteiger partial charge on any atom is -0.388 e. The van der Waals surface area contributed by atoms with Crippen molar-refractivity contribution in [1.29, 1.82) is 5.41 Å². The molecule has 88 valence electrons. The number of rotatable bonds is 5. The molecule has 0 aliphatic rings. The molecule has 0 fully saturated rings. The van der Waals surface area contributed by atoms with Crippen molar-refractivity contribution in [2.24, 2.45) is 5.73 Å². The lowest BCUT2D eigenvalue weighted by atomic mass is 10.3. The van der Waals surface area contributed by atoms with Crippen LogP contribution in [-0.2, 0) is 0 Å². The molecule has 0 amide bonds. The van der Waals surface area contributed by atoms with Crippen LogP contribution in [-0.4, -0.2) is 28.4 Å². The summed E-state index contributed by atoms with van der Waals surface area (Å²) in [6.45, 7) is 4.71. The van der Waals surface area contributed by atoms with Gasteiger partial charge < -0.3 is 10.6 Å². The highest BCUT2D eigenvalue weighted by Crippen LogP contribution is 2.13. The number of aromatic nitrogens is 2. The van der Waals surface area contributed by atoms with Gasteiger partial charge in [-0.3, -0.25) is 5.41 Å². The van der Waals surface area contributed by atoms with Crippen molar-refractivity contribution in [2.75, 3.05) is 11.4 Å². The Morgan fingerprint density at radius 2 is 2.06 bits per heavy atom. The van der Waals surface area contributed by atoms with E-state index in [9.17, 15) is 0 Å². The van der Waals surface area contributed by atoms with E-state index in [-0.39, 0.29) is 11.9 Å². The predicted octanol–water partition coefficient (Wildman–Crippen LogP) is 1.67. The molecule has 0 aromatic carbocycles. The number of anilines is 1. The molecule has 0 atom stereocenters. The van der Waals surface area contributed by atoms with Crippen molar-refractivity contribution >= 4 is 23.4 Å². The summed E-state index contributed by atoms with van der Waals surface area (Å²) in [4.78, 5) is 10.3. The Labute approximate surface area is 100 Å². The third kappa shape index (κ3) is 3.66. The van der Waals surface area contributed by atoms with Gasteiger partial charge in [-0.15, -0.1) is 0 Å². The number of nitrogens with zero attached hydrogens (tertiary/aromatic N) is 3. The number of hydrogen-bond donors (Lipinski definition) is 2. The van der Waals surface area contributed by atoms with E-state index in [1.54, 1.807) is 12.4 Å². The second kappa shape index (κ2) is 5.65. The molecule has 6 heteroatoms. The van der Waals surface area contributed by atoms with Gasteiger partial charge in [-0.1, -0.05) is 11.6 Å². The fraction of sp³-hybridized carbons (Fsp3) is 0.500. The van der Waals surface area contributed by atoms with Crippen LogP contribution in [0.15, 0.2) is 12.4 Å². The van der Waals surface area contributed by atoms with Crippen LogP contribution in [0.25, 0.3) is 0 Å². The Hall–Kier alpha value is -1.36. The van der Waals surface area contributed by atoms with Crippen LogP contribution >= 0.6 is 11.6 Å². The Bertz CT molecular complexity index is 349. The summed E-state index contributed by atoms with van der Waals surface area (Å²) in [7, 11) is 0. The molecule has 16 heavy (non-hydrogen) atoms. The van der Waals surface area contributed by atoms with Crippen molar-refractivity contribution in [2.45, 2.75) is 26.3 Å². The van der Waals surface area contributed by atoms with E-state index in [1.165, 1.54) is 0 Å². The van der Waals surface area contributed by atoms with E-state index >= 15 is 0 Å². The van der Waals surface area contributed by atoms with Crippen molar-refractivity contribution < 1.29 is 0 Å². The van der Waals surface area contributed by atoms with E-state index in [1.807, 2.05) is 18.7 Å². The smallest absolute Gasteiger partial charge is 0.225 e. The SMILES string of the molecule is CC(C)N(CCC(=N)N)c1ncc(Cl)cn1. The lowest BCUT2D eigenvalue weighted by Crippen LogP contribution is -2.35. The van der Waals surface area contributed by atoms with E-state index in [0.29, 0.717) is 23.9 Å². The number of nitrogens with one attached hydrogen (secondary N) is 1. The number of halogens is 1. The molecule has 0 aliphatic carbocycles. The van der Waals surface area contributed by atoms with Crippen molar-refractivity contribution in [3.63, 3.8) is 0 Å². The molecule has 5 nitrogen and oxygen atoms in total. The van der Waals surface area contributed by atoms with Crippen LogP contribution < -0.4 is 10.6 Å². The van der Waals surface area contributed by atoms with Gasteiger partial charge in [0.05, 0.1) is 23.3 Å². The van der Waals surface area contributed by atoms with Crippen molar-refractivity contribution in [1.82, 2.24) is 9.97 Å². The topological polar surface area (TPSA) is 78.9 Å². The van der Waals surface area contributed by atoms with Gasteiger partial charge in [0.1, 0.15) is 0 Å². The summed E-state index contributed by atoms with van der Waals surface area (Å²) >= 11 is 5.73. The molecule has 0 spiro atoms. The van der Waals surface area contributed by atoms with Gasteiger partial charge in [0.25, 0.3) is 0 Å². The summed E-state index contributed by atoms with van der Waals surface area (Å²) in [5.41, 5.74) is 5.34. The van der Waals surface area contributed by atoms with Gasteiger partial charge >= 0.3 is 0 Å². The molecule has 0 unspecified atom stereocenters. The van der Waals surface area contributed by atoms with Gasteiger partial charge in [0.15, 0.2) is 0 Å². The Balaban J connectivity index is 2.77. The van der Waals surface area contributed by atoms with Crippen LogP contribution in [0.2, 0.25) is 5.02 Å². The van der Waals surface area contributed by atoms with E-state index in [2.05, 4.69) is 9.97 Å². The zero-order chi connectivity index (χ0) is 12.1. The van der Waals surface area contributed by atoms with Crippen LogP contribution in [0, 0.1) is 5.41 Å². The Morgan fingerprint density at radius 3 is 2.50 bits per heavy atom. The summed E-state index contributed by atoms with van der Waals surface area (Å²) in [5, 5.41) is 7.73. The maximum atomic E-state index is 7.21. The van der Waals surface area contributed by atoms with E-state index < -0.39 is 0 Å². The van der Waals surface area contributed by atoms with Crippen molar-refractivity contribution in [3.05, 3.63) is 17.4 Å². The highest BCUT2D eigenvalue weighted by Gasteiger charge is 2.13. The summed E-state index contributed by atoms with van der Waals surface area (Å²) in [6.07, 6.45) is 3.63. The first-order chi connectivity index (χ1) is 7.50. The van der Waals surface area contributed by atoms with Crippen LogP contribution in [0.1, 0.15) is 20.3 Å². The van der Waals surface area contributed by atoms with Gasteiger partial charge in [-0.2, -0.15) is 0 Å². The molecule has 0 bridgehead atoms. The summed E-state index contributed by atoms with van der Waals surface area (Å²) in [5.74, 6) is 0.778. The van der Waals surface area contributed by atoms with Crippen LogP contribution in [0.5, 0.6) is 0 Å². The van der Waals surface area contributed by atoms with Crippen LogP contribution in [0.3, 0.4) is 0 Å². The number of amidine groups is 1. The van der Waals surface area contributed by atoms with E-state index in [4.69, 9.17) is 22.7 Å². The normalized spacial score (nSPS) is 10.5. The molecule has 3 N–H and O–H groups in total. The first-order valence-corrected chi connectivity index (χ1v) is 5.45. The molecule has 0 aliphatic heterocycles. The predicted molar refractivity (Wildman–Crippen MR) is 66.1 cm³/mol. The average molecular weight is 242 g/mol. The lowest BCUT2D eigenvalue weighted by molar-refractivity contribution is 0.667. The van der Waals surface area contributed by atoms with Gasteiger partial charge in [0.2, 0.25) is 5.95 Å². The molecule has 1 rings (SSSR count). The standard InChI is InChI=1S/C10H16ClN5/c1-7(2)16(4-3-9(12)13)10-14-5-8(11)6-15-10/h5-7H,3-4H2,1-2H3,(H3,12,13). The highest BCUT2D eigenvalue weighted by molar-refractivity contribution is 6.30. The summed E-state index contributed by atoms with van der Waals surface area (Å²) in [6, 6.07) is 0.250. The van der Waals surface area contributed by atoms with Crippen LogP contribution in [0.4, 0.5) is 5.95 Å². The third-order valence-corrected chi connectivity index (χ3v) is 2.30. The van der Waals surface area contributed by atoms with Gasteiger partial charge in [-0.05, 0) is 13.8 Å². The largest absolute Gasteiger partial charge is 0.388 e. The molecule has 1 heterocycles. The minimum atomic E-state index is 0.166. The van der Waals surface area contributed by atoms with E-state index in [0.717, 1.165) is 0 Å². The second-order valence-electron chi connectivity index (χ2n) is 3.76. The molecular weight excluding hydrogens is 226 g/mol. The fourth-order valence-corrected chi connectivity index (χ4v) is 1.38. The Morgan fingerprint density at radius 1 is 1.50 bits per heavy atom. The minimum absolute atomic E-state index is 0.166.